The summed E-state index contributed by atoms with van der Waals surface area (Å²) in [5.41, 5.74) is 2.28. The summed E-state index contributed by atoms with van der Waals surface area (Å²) < 4.78 is 23.2. The summed E-state index contributed by atoms with van der Waals surface area (Å²) in [4.78, 5) is 17.4. The van der Waals surface area contributed by atoms with E-state index in [4.69, 9.17) is 18.9 Å². The van der Waals surface area contributed by atoms with Crippen LogP contribution in [-0.2, 0) is 17.8 Å². The fourth-order valence-electron chi connectivity index (χ4n) is 3.17. The van der Waals surface area contributed by atoms with E-state index in [2.05, 4.69) is 10.3 Å². The Morgan fingerprint density at radius 1 is 1.03 bits per heavy atom. The molecular formula is C21H25N3O5. The molecule has 1 heterocycles. The zero-order valence-electron chi connectivity index (χ0n) is 17.0. The second-order valence-electron chi connectivity index (χ2n) is 6.26. The Balaban J connectivity index is 1.84. The molecule has 2 aromatic carbocycles. The van der Waals surface area contributed by atoms with E-state index in [0.29, 0.717) is 36.0 Å². The second kappa shape index (κ2) is 9.29. The number of para-hydroxylation sites is 2. The first kappa shape index (κ1) is 20.5. The molecular weight excluding hydrogens is 374 g/mol. The van der Waals surface area contributed by atoms with E-state index in [1.807, 2.05) is 28.8 Å². The SMILES string of the molecule is COCCn1c(CNC(=O)c2cc(OC)c(OC)c(OC)c2)nc2ccccc21. The topological polar surface area (TPSA) is 83.8 Å². The largest absolute Gasteiger partial charge is 0.493 e. The van der Waals surface area contributed by atoms with Crippen molar-refractivity contribution >= 4 is 16.9 Å². The van der Waals surface area contributed by atoms with Crippen LogP contribution >= 0.6 is 0 Å². The maximum Gasteiger partial charge on any atom is 0.251 e. The maximum absolute atomic E-state index is 12.8. The summed E-state index contributed by atoms with van der Waals surface area (Å²) in [6.07, 6.45) is 0. The Hall–Kier alpha value is -3.26. The molecule has 0 saturated carbocycles. The minimum absolute atomic E-state index is 0.269. The van der Waals surface area contributed by atoms with Gasteiger partial charge >= 0.3 is 0 Å². The standard InChI is InChI=1S/C21H25N3O5/c1-26-10-9-24-16-8-6-5-7-15(16)23-19(24)13-22-21(25)14-11-17(27-2)20(29-4)18(12-14)28-3/h5-8,11-12H,9-10,13H2,1-4H3,(H,22,25). The van der Waals surface area contributed by atoms with Gasteiger partial charge in [0.05, 0.1) is 45.5 Å². The number of amides is 1. The predicted molar refractivity (Wildman–Crippen MR) is 109 cm³/mol. The molecule has 3 rings (SSSR count). The molecule has 1 aromatic heterocycles. The highest BCUT2D eigenvalue weighted by Gasteiger charge is 2.18. The third kappa shape index (κ3) is 4.27. The first-order chi connectivity index (χ1) is 14.1. The van der Waals surface area contributed by atoms with Crippen molar-refractivity contribution in [3.8, 4) is 17.2 Å². The van der Waals surface area contributed by atoms with Crippen LogP contribution in [0.4, 0.5) is 0 Å². The molecule has 3 aromatic rings. The summed E-state index contributed by atoms with van der Waals surface area (Å²) in [7, 11) is 6.20. The van der Waals surface area contributed by atoms with Gasteiger partial charge in [-0.3, -0.25) is 4.79 Å². The number of methoxy groups -OCH3 is 4. The number of ether oxygens (including phenoxy) is 4. The zero-order chi connectivity index (χ0) is 20.8. The van der Waals surface area contributed by atoms with E-state index in [-0.39, 0.29) is 12.5 Å². The van der Waals surface area contributed by atoms with Crippen molar-refractivity contribution in [2.75, 3.05) is 35.0 Å². The van der Waals surface area contributed by atoms with Gasteiger partial charge in [-0.25, -0.2) is 4.98 Å². The molecule has 8 nitrogen and oxygen atoms in total. The Bertz CT molecular complexity index is 974. The summed E-state index contributed by atoms with van der Waals surface area (Å²) in [6.45, 7) is 1.47. The summed E-state index contributed by atoms with van der Waals surface area (Å²) in [6, 6.07) is 11.1. The summed E-state index contributed by atoms with van der Waals surface area (Å²) in [5.74, 6) is 1.76. The normalized spacial score (nSPS) is 10.8. The monoisotopic (exact) mass is 399 g/mol. The molecule has 0 saturated heterocycles. The zero-order valence-corrected chi connectivity index (χ0v) is 17.0. The predicted octanol–water partition coefficient (Wildman–Crippen LogP) is 2.64. The molecule has 0 atom stereocenters. The highest BCUT2D eigenvalue weighted by molar-refractivity contribution is 5.95. The van der Waals surface area contributed by atoms with Crippen molar-refractivity contribution in [2.45, 2.75) is 13.1 Å². The number of fused-ring (bicyclic) bond motifs is 1. The molecule has 1 N–H and O–H groups in total. The van der Waals surface area contributed by atoms with E-state index < -0.39 is 0 Å². The van der Waals surface area contributed by atoms with Gasteiger partial charge in [0.2, 0.25) is 5.75 Å². The van der Waals surface area contributed by atoms with Crippen molar-refractivity contribution in [1.29, 1.82) is 0 Å². The molecule has 0 aliphatic rings. The lowest BCUT2D eigenvalue weighted by atomic mass is 10.1. The average Bonchev–Trinajstić information content (AvgIpc) is 3.12. The number of rotatable bonds is 9. The molecule has 154 valence electrons. The van der Waals surface area contributed by atoms with Crippen LogP contribution in [0.3, 0.4) is 0 Å². The Morgan fingerprint density at radius 3 is 2.34 bits per heavy atom. The molecule has 29 heavy (non-hydrogen) atoms. The molecule has 1 amide bonds. The van der Waals surface area contributed by atoms with Gasteiger partial charge in [0.15, 0.2) is 11.5 Å². The fourth-order valence-corrected chi connectivity index (χ4v) is 3.17. The summed E-state index contributed by atoms with van der Waals surface area (Å²) in [5, 5.41) is 2.92. The van der Waals surface area contributed by atoms with Crippen molar-refractivity contribution in [3.63, 3.8) is 0 Å². The quantitative estimate of drug-likeness (QED) is 0.596. The van der Waals surface area contributed by atoms with Crippen molar-refractivity contribution < 1.29 is 23.7 Å². The van der Waals surface area contributed by atoms with Crippen LogP contribution in [0.5, 0.6) is 17.2 Å². The van der Waals surface area contributed by atoms with Crippen molar-refractivity contribution in [2.24, 2.45) is 0 Å². The van der Waals surface area contributed by atoms with Crippen molar-refractivity contribution in [3.05, 3.63) is 47.8 Å². The van der Waals surface area contributed by atoms with Gasteiger partial charge in [0.25, 0.3) is 5.91 Å². The Kier molecular flexibility index (Phi) is 6.56. The Morgan fingerprint density at radius 2 is 1.72 bits per heavy atom. The third-order valence-corrected chi connectivity index (χ3v) is 4.59. The van der Waals surface area contributed by atoms with E-state index >= 15 is 0 Å². The highest BCUT2D eigenvalue weighted by atomic mass is 16.5. The van der Waals surface area contributed by atoms with Gasteiger partial charge in [-0.15, -0.1) is 0 Å². The maximum atomic E-state index is 12.8. The molecule has 0 bridgehead atoms. The molecule has 0 unspecified atom stereocenters. The number of nitrogens with zero attached hydrogens (tertiary/aromatic N) is 2. The minimum atomic E-state index is -0.269. The summed E-state index contributed by atoms with van der Waals surface area (Å²) >= 11 is 0. The van der Waals surface area contributed by atoms with E-state index in [9.17, 15) is 4.79 Å². The number of hydrogen-bond acceptors (Lipinski definition) is 6. The molecule has 8 heteroatoms. The van der Waals surface area contributed by atoms with E-state index in [0.717, 1.165) is 16.9 Å². The first-order valence-electron chi connectivity index (χ1n) is 9.14. The van der Waals surface area contributed by atoms with Gasteiger partial charge in [-0.2, -0.15) is 0 Å². The van der Waals surface area contributed by atoms with Crippen molar-refractivity contribution in [1.82, 2.24) is 14.9 Å². The average molecular weight is 399 g/mol. The molecule has 0 spiro atoms. The third-order valence-electron chi connectivity index (χ3n) is 4.59. The van der Waals surface area contributed by atoms with E-state index in [1.54, 1.807) is 19.2 Å². The van der Waals surface area contributed by atoms with Gasteiger partial charge < -0.3 is 28.8 Å². The van der Waals surface area contributed by atoms with Crippen LogP contribution in [0.2, 0.25) is 0 Å². The highest BCUT2D eigenvalue weighted by Crippen LogP contribution is 2.38. The number of aromatic nitrogens is 2. The number of hydrogen-bond donors (Lipinski definition) is 1. The molecule has 0 aliphatic carbocycles. The second-order valence-corrected chi connectivity index (χ2v) is 6.26. The van der Waals surface area contributed by atoms with Gasteiger partial charge in [-0.05, 0) is 24.3 Å². The van der Waals surface area contributed by atoms with Gasteiger partial charge in [0, 0.05) is 19.2 Å². The van der Waals surface area contributed by atoms with Crippen LogP contribution in [0.25, 0.3) is 11.0 Å². The number of nitrogens with one attached hydrogen (secondary N) is 1. The van der Waals surface area contributed by atoms with Gasteiger partial charge in [0.1, 0.15) is 5.82 Å². The lowest BCUT2D eigenvalue weighted by molar-refractivity contribution is 0.0948. The smallest absolute Gasteiger partial charge is 0.251 e. The van der Waals surface area contributed by atoms with Gasteiger partial charge in [-0.1, -0.05) is 12.1 Å². The van der Waals surface area contributed by atoms with Crippen LogP contribution < -0.4 is 19.5 Å². The Labute approximate surface area is 169 Å². The minimum Gasteiger partial charge on any atom is -0.493 e. The number of carbonyl (C=O) groups is 1. The molecule has 0 radical (unpaired) electrons. The molecule has 0 aliphatic heterocycles. The van der Waals surface area contributed by atoms with Crippen LogP contribution in [-0.4, -0.2) is 50.5 Å². The lowest BCUT2D eigenvalue weighted by Gasteiger charge is -2.14. The lowest BCUT2D eigenvalue weighted by Crippen LogP contribution is -2.25. The number of imidazole rings is 1. The number of carbonyl (C=O) groups excluding carboxylic acids is 1. The number of benzene rings is 2. The van der Waals surface area contributed by atoms with E-state index in [1.165, 1.54) is 21.3 Å². The fraction of sp³-hybridized carbons (Fsp3) is 0.333. The van der Waals surface area contributed by atoms with Crippen LogP contribution in [0.1, 0.15) is 16.2 Å². The first-order valence-corrected chi connectivity index (χ1v) is 9.14. The molecule has 0 fully saturated rings. The van der Waals surface area contributed by atoms with Crippen LogP contribution in [0, 0.1) is 0 Å². The van der Waals surface area contributed by atoms with Crippen LogP contribution in [0.15, 0.2) is 36.4 Å².